The van der Waals surface area contributed by atoms with Crippen LogP contribution in [0.15, 0.2) is 157 Å². The van der Waals surface area contributed by atoms with Crippen LogP contribution in [0.1, 0.15) is 44.0 Å². The van der Waals surface area contributed by atoms with E-state index in [9.17, 15) is 0 Å². The minimum atomic E-state index is 0.0761. The summed E-state index contributed by atoms with van der Waals surface area (Å²) >= 11 is 0. The first kappa shape index (κ1) is 28.1. The van der Waals surface area contributed by atoms with Crippen LogP contribution in [-0.2, 0) is 0 Å². The molecule has 4 atom stereocenters. The van der Waals surface area contributed by atoms with E-state index < -0.39 is 0 Å². The Morgan fingerprint density at radius 1 is 0.681 bits per heavy atom. The van der Waals surface area contributed by atoms with Gasteiger partial charge in [0.05, 0.1) is 17.4 Å². The topological polar surface area (TPSA) is 32.3 Å². The van der Waals surface area contributed by atoms with Crippen molar-refractivity contribution in [3.8, 4) is 0 Å². The summed E-state index contributed by atoms with van der Waals surface area (Å²) in [5.41, 5.74) is 13.8. The fraction of sp³-hybridized carbons (Fsp3) is 0.190. The van der Waals surface area contributed by atoms with Gasteiger partial charge in [-0.1, -0.05) is 98.9 Å². The van der Waals surface area contributed by atoms with E-state index in [1.54, 1.807) is 0 Å². The largest absolute Gasteiger partial charge is 0.334 e. The summed E-state index contributed by atoms with van der Waals surface area (Å²) < 4.78 is 0. The minimum absolute atomic E-state index is 0.0761. The first-order valence-electron chi connectivity index (χ1n) is 17.0. The maximum Gasteiger partial charge on any atom is 0.251 e. The lowest BCUT2D eigenvalue weighted by Crippen LogP contribution is -2.59. The van der Waals surface area contributed by atoms with Crippen molar-refractivity contribution in [2.75, 3.05) is 9.80 Å². The van der Waals surface area contributed by atoms with E-state index in [-0.39, 0.29) is 18.7 Å². The molecule has 4 unspecified atom stereocenters. The number of hydrogen-bond donors (Lipinski definition) is 0. The highest BCUT2D eigenvalue weighted by Gasteiger charge is 2.47. The van der Waals surface area contributed by atoms with E-state index in [1.165, 1.54) is 50.4 Å². The highest BCUT2D eigenvalue weighted by atomic mass is 15.2. The molecule has 0 N–H and O–H groups in total. The van der Waals surface area contributed by atoms with Crippen molar-refractivity contribution >= 4 is 40.3 Å². The lowest BCUT2D eigenvalue weighted by atomic mass is 9.32. The predicted octanol–water partition coefficient (Wildman–Crippen LogP) is 8.03. The van der Waals surface area contributed by atoms with Crippen LogP contribution in [0.5, 0.6) is 0 Å². The van der Waals surface area contributed by atoms with Crippen molar-refractivity contribution < 1.29 is 0 Å². The van der Waals surface area contributed by atoms with E-state index in [1.807, 2.05) is 24.5 Å². The molecule has 0 saturated carbocycles. The third-order valence-electron chi connectivity index (χ3n) is 10.4. The molecule has 4 aromatic rings. The summed E-state index contributed by atoms with van der Waals surface area (Å²) in [6, 6.07) is 28.6. The third kappa shape index (κ3) is 4.51. The molecule has 3 aliphatic carbocycles. The van der Waals surface area contributed by atoms with Crippen LogP contribution >= 0.6 is 0 Å². The summed E-state index contributed by atoms with van der Waals surface area (Å²) in [6.07, 6.45) is 24.8. The number of pyridine rings is 2. The van der Waals surface area contributed by atoms with Crippen LogP contribution in [0, 0.1) is 11.8 Å². The molecule has 0 saturated heterocycles. The van der Waals surface area contributed by atoms with Crippen molar-refractivity contribution in [2.24, 2.45) is 11.8 Å². The minimum Gasteiger partial charge on any atom is -0.334 e. The monoisotopic (exact) mass is 608 g/mol. The number of nitrogens with zero attached hydrogens (tertiary/aromatic N) is 4. The molecule has 5 heteroatoms. The fourth-order valence-electron chi connectivity index (χ4n) is 8.31. The van der Waals surface area contributed by atoms with Crippen molar-refractivity contribution in [1.29, 1.82) is 0 Å². The van der Waals surface area contributed by atoms with Gasteiger partial charge in [-0.15, -0.1) is 0 Å². The van der Waals surface area contributed by atoms with Gasteiger partial charge in [-0.3, -0.25) is 9.97 Å². The summed E-state index contributed by atoms with van der Waals surface area (Å²) in [5, 5.41) is 0. The van der Waals surface area contributed by atoms with Crippen LogP contribution < -0.4 is 20.7 Å². The second kappa shape index (κ2) is 11.3. The first-order chi connectivity index (χ1) is 23.2. The number of hydrogen-bond acceptors (Lipinski definition) is 4. The quantitative estimate of drug-likeness (QED) is 0.220. The Morgan fingerprint density at radius 3 is 2.23 bits per heavy atom. The standard InChI is InChI=1S/C42H37BN4/c1-28-20-22-31(35-15-8-10-25-45-35)40(26-28)47-39-19-11-18-38-42(39)43(33-23-21-29(2)27-41(33)47)32-13-4-6-17-37(32)46(38)36-16-5-3-12-30(36)34-14-7-9-24-44-34/h3-19,22-30,36H,20-21H2,1-2H3. The maximum atomic E-state index is 4.85. The summed E-state index contributed by atoms with van der Waals surface area (Å²) in [4.78, 5) is 14.9. The normalized spacial score (nSPS) is 24.0. The second-order valence-corrected chi connectivity index (χ2v) is 13.5. The molecule has 0 radical (unpaired) electrons. The Morgan fingerprint density at radius 2 is 1.40 bits per heavy atom. The van der Waals surface area contributed by atoms with Gasteiger partial charge in [0.2, 0.25) is 0 Å². The van der Waals surface area contributed by atoms with Gasteiger partial charge in [-0.05, 0) is 83.5 Å². The molecule has 2 aliphatic heterocycles. The van der Waals surface area contributed by atoms with E-state index >= 15 is 0 Å². The molecule has 2 aromatic carbocycles. The van der Waals surface area contributed by atoms with Crippen molar-refractivity contribution in [3.05, 3.63) is 168 Å². The fourth-order valence-corrected chi connectivity index (χ4v) is 8.31. The summed E-state index contributed by atoms with van der Waals surface area (Å²) in [7, 11) is 0. The molecule has 0 bridgehead atoms. The van der Waals surface area contributed by atoms with Crippen LogP contribution in [0.25, 0.3) is 5.57 Å². The predicted molar refractivity (Wildman–Crippen MR) is 196 cm³/mol. The molecule has 0 amide bonds. The molecule has 4 nitrogen and oxygen atoms in total. The summed E-state index contributed by atoms with van der Waals surface area (Å²) in [6.45, 7) is 4.82. The van der Waals surface area contributed by atoms with Crippen LogP contribution in [0.3, 0.4) is 0 Å². The molecular weight excluding hydrogens is 571 g/mol. The SMILES string of the molecule is CC1C=C2C(=CC1)B1c3ccccc3N(C3C=CC=CC3c3ccccn3)c3cccc(c31)N2C1=CC(C)CC=C1c1ccccn1. The molecule has 5 aliphatic rings. The molecule has 0 spiro atoms. The van der Waals surface area contributed by atoms with Crippen LogP contribution in [0.2, 0.25) is 0 Å². The zero-order chi connectivity index (χ0) is 31.5. The molecule has 47 heavy (non-hydrogen) atoms. The highest BCUT2D eigenvalue weighted by Crippen LogP contribution is 2.48. The molecule has 2 aromatic heterocycles. The second-order valence-electron chi connectivity index (χ2n) is 13.5. The van der Waals surface area contributed by atoms with Crippen LogP contribution in [0.4, 0.5) is 17.1 Å². The Balaban J connectivity index is 1.29. The number of allylic oxidation sites excluding steroid dienone is 8. The van der Waals surface area contributed by atoms with Gasteiger partial charge in [-0.25, -0.2) is 0 Å². The Bertz CT molecular complexity index is 2050. The molecule has 9 rings (SSSR count). The lowest BCUT2D eigenvalue weighted by Gasteiger charge is -2.49. The number of rotatable bonds is 4. The third-order valence-corrected chi connectivity index (χ3v) is 10.4. The Kier molecular flexibility index (Phi) is 6.74. The van der Waals surface area contributed by atoms with E-state index in [0.717, 1.165) is 24.2 Å². The number of benzene rings is 2. The maximum absolute atomic E-state index is 4.85. The van der Waals surface area contributed by atoms with Gasteiger partial charge in [0.15, 0.2) is 0 Å². The van der Waals surface area contributed by atoms with Gasteiger partial charge in [-0.2, -0.15) is 0 Å². The zero-order valence-corrected chi connectivity index (χ0v) is 26.9. The van der Waals surface area contributed by atoms with Crippen molar-refractivity contribution in [1.82, 2.24) is 9.97 Å². The Hall–Kier alpha value is -5.16. The van der Waals surface area contributed by atoms with Gasteiger partial charge >= 0.3 is 0 Å². The highest BCUT2D eigenvalue weighted by molar-refractivity contribution is 6.95. The summed E-state index contributed by atoms with van der Waals surface area (Å²) in [5.74, 6) is 1.00. The molecular formula is C42H37BN4. The van der Waals surface area contributed by atoms with Gasteiger partial charge in [0.1, 0.15) is 0 Å². The molecule has 0 fully saturated rings. The molecule has 4 heterocycles. The number of aromatic nitrogens is 2. The first-order valence-corrected chi connectivity index (χ1v) is 17.0. The van der Waals surface area contributed by atoms with E-state index in [2.05, 4.69) is 139 Å². The average molecular weight is 609 g/mol. The zero-order valence-electron chi connectivity index (χ0n) is 26.9. The van der Waals surface area contributed by atoms with Gasteiger partial charge in [0, 0.05) is 52.3 Å². The van der Waals surface area contributed by atoms with Crippen LogP contribution in [-0.4, -0.2) is 22.7 Å². The lowest BCUT2D eigenvalue weighted by molar-refractivity contribution is 0.674. The smallest absolute Gasteiger partial charge is 0.251 e. The van der Waals surface area contributed by atoms with Gasteiger partial charge < -0.3 is 9.80 Å². The van der Waals surface area contributed by atoms with Crippen molar-refractivity contribution in [2.45, 2.75) is 38.6 Å². The molecule has 228 valence electrons. The van der Waals surface area contributed by atoms with Gasteiger partial charge in [0.25, 0.3) is 6.71 Å². The number of fused-ring (bicyclic) bond motifs is 4. The van der Waals surface area contributed by atoms with E-state index in [4.69, 9.17) is 9.97 Å². The number of para-hydroxylation sites is 1. The average Bonchev–Trinajstić information content (AvgIpc) is 3.12. The van der Waals surface area contributed by atoms with E-state index in [0.29, 0.717) is 11.8 Å². The Labute approximate surface area is 278 Å². The number of anilines is 3. The van der Waals surface area contributed by atoms with Crippen molar-refractivity contribution in [3.63, 3.8) is 0 Å².